The van der Waals surface area contributed by atoms with E-state index in [4.69, 9.17) is 5.11 Å². The second-order valence-corrected chi connectivity index (χ2v) is 5.56. The van der Waals surface area contributed by atoms with Gasteiger partial charge < -0.3 is 19.6 Å². The van der Waals surface area contributed by atoms with Crippen molar-refractivity contribution in [3.05, 3.63) is 11.6 Å². The molecule has 0 aliphatic heterocycles. The van der Waals surface area contributed by atoms with Gasteiger partial charge in [0, 0.05) is 38.7 Å². The molecular weight excluding hydrogens is 372 g/mol. The highest BCUT2D eigenvalue weighted by molar-refractivity contribution is 6.38. The lowest BCUT2D eigenvalue weighted by Gasteiger charge is -2.18. The lowest BCUT2D eigenvalue weighted by Crippen LogP contribution is -2.38. The Kier molecular flexibility index (Phi) is 11.0. The SMILES string of the molecule is CCN(CC)C(=O)C(=O)COC(=O)C(=CC(=O)O)CC(=O)C(=O)N(CC)CC. The molecule has 0 unspecified atom stereocenters. The summed E-state index contributed by atoms with van der Waals surface area (Å²) in [4.78, 5) is 73.1. The van der Waals surface area contributed by atoms with Crippen molar-refractivity contribution in [2.75, 3.05) is 32.8 Å². The molecule has 2 amide bonds. The normalized spacial score (nSPS) is 10.8. The van der Waals surface area contributed by atoms with Crippen molar-refractivity contribution in [2.45, 2.75) is 34.1 Å². The average Bonchev–Trinajstić information content (AvgIpc) is 2.66. The smallest absolute Gasteiger partial charge is 0.335 e. The third kappa shape index (κ3) is 7.68. The molecule has 0 heterocycles. The highest BCUT2D eigenvalue weighted by Crippen LogP contribution is 2.08. The first kappa shape index (κ1) is 25.0. The average molecular weight is 398 g/mol. The summed E-state index contributed by atoms with van der Waals surface area (Å²) in [5, 5.41) is 8.87. The standard InChI is InChI=1S/C18H26N2O8/c1-5-19(6-2)16(25)13(21)9-12(10-15(23)24)18(27)28-11-14(22)17(26)20(7-3)8-4/h10H,5-9,11H2,1-4H3,(H,23,24). The van der Waals surface area contributed by atoms with E-state index in [0.29, 0.717) is 19.2 Å². The van der Waals surface area contributed by atoms with Crippen LogP contribution >= 0.6 is 0 Å². The van der Waals surface area contributed by atoms with Crippen LogP contribution in [-0.4, -0.2) is 83.0 Å². The summed E-state index contributed by atoms with van der Waals surface area (Å²) >= 11 is 0. The zero-order chi connectivity index (χ0) is 21.9. The van der Waals surface area contributed by atoms with Crippen molar-refractivity contribution in [1.82, 2.24) is 9.80 Å². The van der Waals surface area contributed by atoms with E-state index >= 15 is 0 Å². The van der Waals surface area contributed by atoms with Gasteiger partial charge in [0.15, 0.2) is 6.61 Å². The van der Waals surface area contributed by atoms with E-state index in [1.165, 1.54) is 9.80 Å². The van der Waals surface area contributed by atoms with Gasteiger partial charge in [-0.15, -0.1) is 0 Å². The number of ether oxygens (including phenoxy) is 1. The van der Waals surface area contributed by atoms with Crippen LogP contribution in [0.15, 0.2) is 11.6 Å². The van der Waals surface area contributed by atoms with E-state index in [0.717, 1.165) is 0 Å². The van der Waals surface area contributed by atoms with Crippen LogP contribution in [0.5, 0.6) is 0 Å². The number of hydrogen-bond donors (Lipinski definition) is 1. The first-order valence-electron chi connectivity index (χ1n) is 8.87. The fourth-order valence-electron chi connectivity index (χ4n) is 2.24. The molecule has 0 bridgehead atoms. The molecule has 28 heavy (non-hydrogen) atoms. The number of carbonyl (C=O) groups is 6. The van der Waals surface area contributed by atoms with Gasteiger partial charge in [-0.1, -0.05) is 0 Å². The predicted molar refractivity (Wildman–Crippen MR) is 97.2 cm³/mol. The van der Waals surface area contributed by atoms with Gasteiger partial charge in [-0.3, -0.25) is 19.2 Å². The molecule has 0 aromatic carbocycles. The molecule has 0 saturated heterocycles. The van der Waals surface area contributed by atoms with Crippen LogP contribution in [0.4, 0.5) is 0 Å². The lowest BCUT2D eigenvalue weighted by molar-refractivity contribution is -0.152. The molecule has 1 N–H and O–H groups in total. The summed E-state index contributed by atoms with van der Waals surface area (Å²) in [6.07, 6.45) is -0.356. The number of ketones is 2. The van der Waals surface area contributed by atoms with Crippen LogP contribution in [0.1, 0.15) is 34.1 Å². The molecule has 0 radical (unpaired) electrons. The zero-order valence-corrected chi connectivity index (χ0v) is 16.5. The maximum atomic E-state index is 12.1. The fourth-order valence-corrected chi connectivity index (χ4v) is 2.24. The molecule has 0 aliphatic carbocycles. The molecular formula is C18H26N2O8. The number of hydrogen-bond acceptors (Lipinski definition) is 7. The topological polar surface area (TPSA) is 138 Å². The first-order valence-corrected chi connectivity index (χ1v) is 8.87. The number of esters is 1. The minimum Gasteiger partial charge on any atom is -0.478 e. The molecule has 0 aromatic heterocycles. The van der Waals surface area contributed by atoms with Gasteiger partial charge in [0.05, 0.1) is 5.57 Å². The second-order valence-electron chi connectivity index (χ2n) is 5.56. The van der Waals surface area contributed by atoms with E-state index in [2.05, 4.69) is 4.74 Å². The van der Waals surface area contributed by atoms with E-state index in [9.17, 15) is 28.8 Å². The van der Waals surface area contributed by atoms with Gasteiger partial charge in [0.1, 0.15) is 0 Å². The molecule has 10 heteroatoms. The van der Waals surface area contributed by atoms with Gasteiger partial charge in [0.25, 0.3) is 17.6 Å². The van der Waals surface area contributed by atoms with Crippen molar-refractivity contribution < 1.29 is 38.6 Å². The van der Waals surface area contributed by atoms with E-state index in [-0.39, 0.29) is 13.1 Å². The van der Waals surface area contributed by atoms with Crippen molar-refractivity contribution in [2.24, 2.45) is 0 Å². The van der Waals surface area contributed by atoms with Crippen LogP contribution in [0.2, 0.25) is 0 Å². The number of carbonyl (C=O) groups excluding carboxylic acids is 5. The minimum absolute atomic E-state index is 0.269. The molecule has 0 spiro atoms. The van der Waals surface area contributed by atoms with Gasteiger partial charge >= 0.3 is 11.9 Å². The summed E-state index contributed by atoms with van der Waals surface area (Å²) in [6, 6.07) is 0. The maximum Gasteiger partial charge on any atom is 0.335 e. The number of likely N-dealkylation sites (N-methyl/N-ethyl adjacent to an activating group) is 2. The number of carboxylic acid groups (broad SMARTS) is 1. The number of amides is 2. The summed E-state index contributed by atoms with van der Waals surface area (Å²) in [5.41, 5.74) is -0.596. The summed E-state index contributed by atoms with van der Waals surface area (Å²) < 4.78 is 4.68. The number of rotatable bonds is 12. The van der Waals surface area contributed by atoms with Crippen molar-refractivity contribution >= 4 is 35.3 Å². The predicted octanol–water partition coefficient (Wildman–Crippen LogP) is -0.194. The minimum atomic E-state index is -1.53. The van der Waals surface area contributed by atoms with Gasteiger partial charge in [-0.25, -0.2) is 9.59 Å². The molecule has 0 aliphatic rings. The molecule has 0 saturated carbocycles. The van der Waals surface area contributed by atoms with Crippen LogP contribution in [0, 0.1) is 0 Å². The Hall–Kier alpha value is -3.04. The molecule has 10 nitrogen and oxygen atoms in total. The van der Waals surface area contributed by atoms with Gasteiger partial charge in [0.2, 0.25) is 5.78 Å². The third-order valence-electron chi connectivity index (χ3n) is 3.82. The highest BCUT2D eigenvalue weighted by Gasteiger charge is 2.26. The van der Waals surface area contributed by atoms with Gasteiger partial charge in [-0.05, 0) is 27.7 Å². The number of aliphatic carboxylic acids is 1. The molecule has 0 fully saturated rings. The number of carboxylic acids is 1. The molecule has 0 aromatic rings. The Morgan fingerprint density at radius 3 is 1.61 bits per heavy atom. The Labute approximate surface area is 163 Å². The van der Waals surface area contributed by atoms with Crippen molar-refractivity contribution in [1.29, 1.82) is 0 Å². The number of nitrogens with zero attached hydrogens (tertiary/aromatic N) is 2. The summed E-state index contributed by atoms with van der Waals surface area (Å²) in [5.74, 6) is -6.46. The quantitative estimate of drug-likeness (QED) is 0.271. The highest BCUT2D eigenvalue weighted by atomic mass is 16.5. The molecule has 0 rings (SSSR count). The van der Waals surface area contributed by atoms with E-state index in [1.807, 2.05) is 0 Å². The number of Topliss-reactive ketones (excluding diaryl/α,β-unsaturated/α-hetero) is 2. The molecule has 0 atom stereocenters. The fraction of sp³-hybridized carbons (Fsp3) is 0.556. The van der Waals surface area contributed by atoms with Crippen LogP contribution in [0.3, 0.4) is 0 Å². The Balaban J connectivity index is 5.14. The van der Waals surface area contributed by atoms with Crippen LogP contribution < -0.4 is 0 Å². The molecule has 156 valence electrons. The Morgan fingerprint density at radius 1 is 0.786 bits per heavy atom. The first-order chi connectivity index (χ1) is 13.1. The monoisotopic (exact) mass is 398 g/mol. The van der Waals surface area contributed by atoms with Crippen LogP contribution in [0.25, 0.3) is 0 Å². The largest absolute Gasteiger partial charge is 0.478 e. The van der Waals surface area contributed by atoms with Crippen LogP contribution in [-0.2, 0) is 33.5 Å². The lowest BCUT2D eigenvalue weighted by atomic mass is 10.1. The summed E-state index contributed by atoms with van der Waals surface area (Å²) in [6.45, 7) is 6.90. The van der Waals surface area contributed by atoms with E-state index in [1.54, 1.807) is 27.7 Å². The Bertz CT molecular complexity index is 660. The summed E-state index contributed by atoms with van der Waals surface area (Å²) in [7, 11) is 0. The van der Waals surface area contributed by atoms with Gasteiger partial charge in [-0.2, -0.15) is 0 Å². The zero-order valence-electron chi connectivity index (χ0n) is 16.5. The van der Waals surface area contributed by atoms with Crippen molar-refractivity contribution in [3.8, 4) is 0 Å². The Morgan fingerprint density at radius 2 is 1.21 bits per heavy atom. The van der Waals surface area contributed by atoms with Crippen molar-refractivity contribution in [3.63, 3.8) is 0 Å². The third-order valence-corrected chi connectivity index (χ3v) is 3.82. The van der Waals surface area contributed by atoms with E-state index < -0.39 is 53.9 Å². The maximum absolute atomic E-state index is 12.1. The second kappa shape index (κ2) is 12.4.